The molecule has 0 saturated heterocycles. The number of ether oxygens (including phenoxy) is 1. The third-order valence-corrected chi connectivity index (χ3v) is 4.77. The van der Waals surface area contributed by atoms with Crippen molar-refractivity contribution in [2.45, 2.75) is 19.7 Å². The Morgan fingerprint density at radius 1 is 1.37 bits per heavy atom. The highest BCUT2D eigenvalue weighted by molar-refractivity contribution is 8.14. The van der Waals surface area contributed by atoms with E-state index in [9.17, 15) is 18.0 Å². The molecule has 10 heteroatoms. The molecule has 0 saturated carbocycles. The Bertz CT molecular complexity index is 919. The predicted molar refractivity (Wildman–Crippen MR) is 99.0 cm³/mol. The molecule has 1 aliphatic heterocycles. The number of hydrogen-bond acceptors (Lipinski definition) is 5. The van der Waals surface area contributed by atoms with Gasteiger partial charge in [0, 0.05) is 18.2 Å². The number of rotatable bonds is 4. The Hall–Kier alpha value is -2.26. The number of carbonyl (C=O) groups excluding carboxylic acids is 1. The number of thioether (sulfide) groups is 1. The lowest BCUT2D eigenvalue weighted by Gasteiger charge is -2.13. The highest BCUT2D eigenvalue weighted by Crippen LogP contribution is 2.31. The molecule has 0 spiro atoms. The van der Waals surface area contributed by atoms with Crippen molar-refractivity contribution in [1.82, 2.24) is 4.98 Å². The van der Waals surface area contributed by atoms with Crippen LogP contribution in [0.5, 0.6) is 5.75 Å². The normalized spacial score (nSPS) is 13.1. The fraction of sp³-hybridized carbons (Fsp3) is 0.235. The zero-order valence-electron chi connectivity index (χ0n) is 13.9. The average Bonchev–Trinajstić information content (AvgIpc) is 2.97. The predicted octanol–water partition coefficient (Wildman–Crippen LogP) is 4.90. The number of carbonyl (C=O) groups is 1. The second kappa shape index (κ2) is 7.77. The number of fused-ring (bicyclic) bond motifs is 1. The summed E-state index contributed by atoms with van der Waals surface area (Å²) in [5.74, 6) is -0.651. The molecule has 1 amide bonds. The summed E-state index contributed by atoms with van der Waals surface area (Å²) in [6.07, 6.45) is -2.67. The Morgan fingerprint density at radius 2 is 2.15 bits per heavy atom. The van der Waals surface area contributed by atoms with Crippen LogP contribution < -0.4 is 10.1 Å². The second-order valence-electron chi connectivity index (χ2n) is 5.68. The van der Waals surface area contributed by atoms with E-state index in [4.69, 9.17) is 11.6 Å². The molecular weight excluding hydrogens is 403 g/mol. The molecule has 0 atom stereocenters. The molecule has 1 N–H and O–H groups in total. The number of alkyl halides is 3. The molecule has 0 unspecified atom stereocenters. The van der Waals surface area contributed by atoms with E-state index in [1.54, 1.807) is 12.3 Å². The zero-order chi connectivity index (χ0) is 19.6. The number of pyridine rings is 1. The fourth-order valence-corrected chi connectivity index (χ4v) is 3.35. The van der Waals surface area contributed by atoms with Gasteiger partial charge in [-0.15, -0.1) is 24.9 Å². The maximum Gasteiger partial charge on any atom is 0.573 e. The van der Waals surface area contributed by atoms with E-state index in [2.05, 4.69) is 20.0 Å². The van der Waals surface area contributed by atoms with Crippen LogP contribution in [0.2, 0.25) is 5.15 Å². The summed E-state index contributed by atoms with van der Waals surface area (Å²) in [5, 5.41) is 3.68. The number of halogens is 4. The van der Waals surface area contributed by atoms with Gasteiger partial charge in [-0.3, -0.25) is 4.79 Å². The number of aliphatic imine (C=N–C) groups is 1. The quantitative estimate of drug-likeness (QED) is 0.721. The summed E-state index contributed by atoms with van der Waals surface area (Å²) >= 11 is 7.09. The van der Waals surface area contributed by atoms with Crippen LogP contribution in [-0.2, 0) is 11.2 Å². The molecule has 5 nitrogen and oxygen atoms in total. The van der Waals surface area contributed by atoms with Crippen LogP contribution in [0.1, 0.15) is 11.1 Å². The summed E-state index contributed by atoms with van der Waals surface area (Å²) < 4.78 is 41.2. The first-order valence-electron chi connectivity index (χ1n) is 7.70. The molecule has 0 fully saturated rings. The number of aromatic nitrogens is 1. The Balaban J connectivity index is 1.57. The topological polar surface area (TPSA) is 63.6 Å². The van der Waals surface area contributed by atoms with Crippen molar-refractivity contribution in [1.29, 1.82) is 0 Å². The van der Waals surface area contributed by atoms with Crippen molar-refractivity contribution in [3.8, 4) is 5.75 Å². The van der Waals surface area contributed by atoms with Gasteiger partial charge in [0.15, 0.2) is 0 Å². The van der Waals surface area contributed by atoms with Crippen LogP contribution in [0, 0.1) is 6.92 Å². The van der Waals surface area contributed by atoms with Gasteiger partial charge in [-0.25, -0.2) is 9.98 Å². The third-order valence-electron chi connectivity index (χ3n) is 3.59. The fourth-order valence-electron chi connectivity index (χ4n) is 2.38. The average molecular weight is 416 g/mol. The lowest BCUT2D eigenvalue weighted by molar-refractivity contribution is -0.274. The standard InChI is InChI=1S/C17H13ClF3N3O2S/c1-9-2-3-11(6-13(9)26-17(19,20)21)23-15(25)8-27-16-5-10-4-14(18)22-7-12(10)24-16/h2-4,6-7H,5,8H2,1H3,(H,23,25). The zero-order valence-corrected chi connectivity index (χ0v) is 15.5. The largest absolute Gasteiger partial charge is 0.573 e. The summed E-state index contributed by atoms with van der Waals surface area (Å²) in [7, 11) is 0. The number of amides is 1. The Kier molecular flexibility index (Phi) is 5.61. The van der Waals surface area contributed by atoms with Crippen molar-refractivity contribution in [2.75, 3.05) is 11.1 Å². The molecule has 2 heterocycles. The van der Waals surface area contributed by atoms with Gasteiger partial charge in [0.2, 0.25) is 5.91 Å². The summed E-state index contributed by atoms with van der Waals surface area (Å²) in [6, 6.07) is 5.82. The van der Waals surface area contributed by atoms with E-state index in [1.165, 1.54) is 30.8 Å². The van der Waals surface area contributed by atoms with Gasteiger partial charge in [0.05, 0.1) is 22.7 Å². The van der Waals surface area contributed by atoms with E-state index in [0.29, 0.717) is 17.1 Å². The molecule has 142 valence electrons. The van der Waals surface area contributed by atoms with Gasteiger partial charge in [-0.2, -0.15) is 0 Å². The van der Waals surface area contributed by atoms with Crippen LogP contribution in [0.25, 0.3) is 0 Å². The molecule has 0 bridgehead atoms. The minimum absolute atomic E-state index is 0.0668. The lowest BCUT2D eigenvalue weighted by atomic mass is 10.2. The van der Waals surface area contributed by atoms with Crippen molar-refractivity contribution in [3.05, 3.63) is 46.7 Å². The van der Waals surface area contributed by atoms with E-state index >= 15 is 0 Å². The molecule has 2 aromatic rings. The van der Waals surface area contributed by atoms with Crippen LogP contribution in [0.4, 0.5) is 24.5 Å². The summed E-state index contributed by atoms with van der Waals surface area (Å²) in [5.41, 5.74) is 2.18. The first-order valence-corrected chi connectivity index (χ1v) is 9.07. The summed E-state index contributed by atoms with van der Waals surface area (Å²) in [6.45, 7) is 1.49. The molecule has 0 radical (unpaired) electrons. The van der Waals surface area contributed by atoms with Crippen molar-refractivity contribution < 1.29 is 22.7 Å². The molecule has 27 heavy (non-hydrogen) atoms. The van der Waals surface area contributed by atoms with Crippen LogP contribution >= 0.6 is 23.4 Å². The van der Waals surface area contributed by atoms with Gasteiger partial charge in [0.1, 0.15) is 10.9 Å². The Labute approximate surface area is 162 Å². The van der Waals surface area contributed by atoms with Crippen LogP contribution in [-0.4, -0.2) is 28.1 Å². The number of nitrogens with zero attached hydrogens (tertiary/aromatic N) is 2. The monoisotopic (exact) mass is 415 g/mol. The molecule has 1 aromatic heterocycles. The van der Waals surface area contributed by atoms with E-state index in [-0.39, 0.29) is 23.1 Å². The number of hydrogen-bond donors (Lipinski definition) is 1. The smallest absolute Gasteiger partial charge is 0.405 e. The first kappa shape index (κ1) is 19.5. The molecular formula is C17H13ClF3N3O2S. The van der Waals surface area contributed by atoms with Crippen molar-refractivity contribution in [2.24, 2.45) is 4.99 Å². The minimum Gasteiger partial charge on any atom is -0.405 e. The number of anilines is 1. The van der Waals surface area contributed by atoms with Gasteiger partial charge in [-0.05, 0) is 30.2 Å². The van der Waals surface area contributed by atoms with Gasteiger partial charge in [-0.1, -0.05) is 17.7 Å². The maximum atomic E-state index is 12.4. The Morgan fingerprint density at radius 3 is 2.89 bits per heavy atom. The number of nitrogens with one attached hydrogen (secondary N) is 1. The van der Waals surface area contributed by atoms with E-state index < -0.39 is 6.36 Å². The van der Waals surface area contributed by atoms with E-state index in [1.807, 2.05) is 0 Å². The molecule has 0 aliphatic carbocycles. The minimum atomic E-state index is -4.80. The summed E-state index contributed by atoms with van der Waals surface area (Å²) in [4.78, 5) is 20.4. The van der Waals surface area contributed by atoms with Crippen LogP contribution in [0.15, 0.2) is 35.5 Å². The molecule has 3 rings (SSSR count). The van der Waals surface area contributed by atoms with Crippen molar-refractivity contribution in [3.63, 3.8) is 0 Å². The molecule has 1 aliphatic rings. The maximum absolute atomic E-state index is 12.4. The SMILES string of the molecule is Cc1ccc(NC(=O)CSC2=Nc3cnc(Cl)cc3C2)cc1OC(F)(F)F. The van der Waals surface area contributed by atoms with Gasteiger partial charge < -0.3 is 10.1 Å². The third kappa shape index (κ3) is 5.36. The van der Waals surface area contributed by atoms with Crippen LogP contribution in [0.3, 0.4) is 0 Å². The van der Waals surface area contributed by atoms with E-state index in [0.717, 1.165) is 22.4 Å². The highest BCUT2D eigenvalue weighted by Gasteiger charge is 2.31. The van der Waals surface area contributed by atoms with Gasteiger partial charge >= 0.3 is 6.36 Å². The van der Waals surface area contributed by atoms with Crippen molar-refractivity contribution >= 4 is 45.7 Å². The number of benzene rings is 1. The van der Waals surface area contributed by atoms with Gasteiger partial charge in [0.25, 0.3) is 0 Å². The lowest BCUT2D eigenvalue weighted by Crippen LogP contribution is -2.19. The second-order valence-corrected chi connectivity index (χ2v) is 7.12. The highest BCUT2D eigenvalue weighted by atomic mass is 35.5. The molecule has 1 aromatic carbocycles. The number of aryl methyl sites for hydroxylation is 1. The first-order chi connectivity index (χ1) is 12.7.